The molecule has 1 aliphatic carbocycles. The number of nitrogens with zero attached hydrogens (tertiary/aromatic N) is 1. The van der Waals surface area contributed by atoms with Crippen LogP contribution in [-0.4, -0.2) is 4.57 Å². The topological polar surface area (TPSA) is 30.1 Å². The summed E-state index contributed by atoms with van der Waals surface area (Å²) in [6.07, 6.45) is 7.40. The largest absolute Gasteiger partial charge is 0.469 e. The molecule has 0 radical (unpaired) electrons. The number of rotatable bonds is 3. The monoisotopic (exact) mass is 230 g/mol. The van der Waals surface area contributed by atoms with Crippen LogP contribution < -0.4 is 5.32 Å². The second-order valence-corrected chi connectivity index (χ2v) is 4.74. The Hall–Kier alpha value is -1.48. The van der Waals surface area contributed by atoms with Crippen LogP contribution in [0.4, 0.5) is 0 Å². The van der Waals surface area contributed by atoms with Crippen molar-refractivity contribution in [2.24, 2.45) is 7.05 Å². The number of aromatic nitrogens is 1. The molecule has 2 aromatic heterocycles. The molecule has 0 saturated carbocycles. The maximum absolute atomic E-state index is 5.50. The number of fused-ring (bicyclic) bond motifs is 1. The molecule has 3 nitrogen and oxygen atoms in total. The normalized spacial score (nSPS) is 19.2. The molecule has 90 valence electrons. The van der Waals surface area contributed by atoms with E-state index < -0.39 is 0 Å². The van der Waals surface area contributed by atoms with Gasteiger partial charge in [0.15, 0.2) is 0 Å². The van der Waals surface area contributed by atoms with Crippen LogP contribution in [0.15, 0.2) is 35.1 Å². The zero-order valence-electron chi connectivity index (χ0n) is 10.1. The summed E-state index contributed by atoms with van der Waals surface area (Å²) in [6, 6.07) is 6.80. The Morgan fingerprint density at radius 1 is 1.47 bits per heavy atom. The van der Waals surface area contributed by atoms with Gasteiger partial charge in [-0.25, -0.2) is 0 Å². The maximum Gasteiger partial charge on any atom is 0.108 e. The minimum Gasteiger partial charge on any atom is -0.469 e. The highest BCUT2D eigenvalue weighted by atomic mass is 16.3. The van der Waals surface area contributed by atoms with E-state index in [9.17, 15) is 0 Å². The quantitative estimate of drug-likeness (QED) is 0.878. The first-order valence-electron chi connectivity index (χ1n) is 6.24. The Kier molecular flexibility index (Phi) is 2.77. The van der Waals surface area contributed by atoms with Gasteiger partial charge in [-0.2, -0.15) is 0 Å². The van der Waals surface area contributed by atoms with E-state index in [4.69, 9.17) is 4.42 Å². The Balaban J connectivity index is 1.70. The van der Waals surface area contributed by atoms with Gasteiger partial charge in [-0.3, -0.25) is 0 Å². The summed E-state index contributed by atoms with van der Waals surface area (Å²) in [5, 5.41) is 3.63. The van der Waals surface area contributed by atoms with E-state index in [1.807, 2.05) is 6.26 Å². The van der Waals surface area contributed by atoms with Gasteiger partial charge >= 0.3 is 0 Å². The second-order valence-electron chi connectivity index (χ2n) is 4.74. The summed E-state index contributed by atoms with van der Waals surface area (Å²) < 4.78 is 7.66. The molecular formula is C14H18N2O. The van der Waals surface area contributed by atoms with Gasteiger partial charge in [0.1, 0.15) is 5.76 Å². The lowest BCUT2D eigenvalue weighted by Crippen LogP contribution is -2.24. The molecule has 1 N–H and O–H groups in total. The van der Waals surface area contributed by atoms with Crippen molar-refractivity contribution in [3.63, 3.8) is 0 Å². The second kappa shape index (κ2) is 4.41. The van der Waals surface area contributed by atoms with E-state index in [2.05, 4.69) is 41.3 Å². The average molecular weight is 230 g/mol. The molecule has 1 unspecified atom stereocenters. The van der Waals surface area contributed by atoms with Crippen LogP contribution >= 0.6 is 0 Å². The van der Waals surface area contributed by atoms with Crippen LogP contribution in [0, 0.1) is 0 Å². The fraction of sp³-hybridized carbons (Fsp3) is 0.429. The van der Waals surface area contributed by atoms with Gasteiger partial charge in [-0.15, -0.1) is 0 Å². The SMILES string of the molecule is Cn1cccc1CNC1CCCc2occc21. The standard InChI is InChI=1S/C14H18N2O/c1-16-8-3-4-11(16)10-15-13-5-2-6-14-12(13)7-9-17-14/h3-4,7-9,13,15H,2,5-6,10H2,1H3. The van der Waals surface area contributed by atoms with Crippen LogP contribution in [-0.2, 0) is 20.0 Å². The smallest absolute Gasteiger partial charge is 0.108 e. The Morgan fingerprint density at radius 3 is 3.24 bits per heavy atom. The van der Waals surface area contributed by atoms with E-state index in [-0.39, 0.29) is 0 Å². The van der Waals surface area contributed by atoms with Gasteiger partial charge in [0.05, 0.1) is 6.26 Å². The van der Waals surface area contributed by atoms with Crippen molar-refractivity contribution in [3.05, 3.63) is 47.7 Å². The highest BCUT2D eigenvalue weighted by Crippen LogP contribution is 2.30. The van der Waals surface area contributed by atoms with Crippen LogP contribution in [0.5, 0.6) is 0 Å². The summed E-state index contributed by atoms with van der Waals surface area (Å²) in [6.45, 7) is 0.915. The van der Waals surface area contributed by atoms with Gasteiger partial charge in [0, 0.05) is 43.5 Å². The third-order valence-electron chi connectivity index (χ3n) is 3.63. The minimum absolute atomic E-state index is 0.451. The van der Waals surface area contributed by atoms with E-state index in [1.54, 1.807) is 0 Å². The van der Waals surface area contributed by atoms with E-state index in [0.29, 0.717) is 6.04 Å². The van der Waals surface area contributed by atoms with Crippen molar-refractivity contribution in [2.75, 3.05) is 0 Å². The summed E-state index contributed by atoms with van der Waals surface area (Å²) in [5.41, 5.74) is 2.67. The Labute approximate surface area is 101 Å². The first-order chi connectivity index (χ1) is 8.34. The van der Waals surface area contributed by atoms with Crippen LogP contribution in [0.25, 0.3) is 0 Å². The van der Waals surface area contributed by atoms with Gasteiger partial charge < -0.3 is 14.3 Å². The molecule has 3 heteroatoms. The summed E-state index contributed by atoms with van der Waals surface area (Å²) in [4.78, 5) is 0. The van der Waals surface area contributed by atoms with Crippen molar-refractivity contribution >= 4 is 0 Å². The number of aryl methyl sites for hydroxylation is 2. The maximum atomic E-state index is 5.50. The molecule has 0 aliphatic heterocycles. The number of nitrogens with one attached hydrogen (secondary N) is 1. The van der Waals surface area contributed by atoms with Gasteiger partial charge in [-0.1, -0.05) is 0 Å². The molecular weight excluding hydrogens is 212 g/mol. The zero-order chi connectivity index (χ0) is 11.7. The average Bonchev–Trinajstić information content (AvgIpc) is 2.95. The first kappa shape index (κ1) is 10.7. The fourth-order valence-electron chi connectivity index (χ4n) is 2.61. The third-order valence-corrected chi connectivity index (χ3v) is 3.63. The fourth-order valence-corrected chi connectivity index (χ4v) is 2.61. The van der Waals surface area contributed by atoms with Crippen LogP contribution in [0.2, 0.25) is 0 Å². The van der Waals surface area contributed by atoms with E-state index in [0.717, 1.165) is 13.0 Å². The number of hydrogen-bond acceptors (Lipinski definition) is 2. The molecule has 0 spiro atoms. The summed E-state index contributed by atoms with van der Waals surface area (Å²) in [5.74, 6) is 1.17. The lowest BCUT2D eigenvalue weighted by molar-refractivity contribution is 0.408. The van der Waals surface area contributed by atoms with E-state index >= 15 is 0 Å². The minimum atomic E-state index is 0.451. The van der Waals surface area contributed by atoms with Crippen molar-refractivity contribution in [1.29, 1.82) is 0 Å². The molecule has 2 aromatic rings. The molecule has 3 rings (SSSR count). The highest BCUT2D eigenvalue weighted by molar-refractivity contribution is 5.24. The molecule has 0 saturated heterocycles. The molecule has 0 fully saturated rings. The summed E-state index contributed by atoms with van der Waals surface area (Å²) >= 11 is 0. The van der Waals surface area contributed by atoms with Crippen molar-refractivity contribution < 1.29 is 4.42 Å². The van der Waals surface area contributed by atoms with Crippen LogP contribution in [0.3, 0.4) is 0 Å². The van der Waals surface area contributed by atoms with Crippen LogP contribution in [0.1, 0.15) is 35.9 Å². The molecule has 1 aliphatic rings. The third kappa shape index (κ3) is 2.03. The highest BCUT2D eigenvalue weighted by Gasteiger charge is 2.21. The zero-order valence-corrected chi connectivity index (χ0v) is 10.1. The van der Waals surface area contributed by atoms with Crippen molar-refractivity contribution in [3.8, 4) is 0 Å². The molecule has 0 amide bonds. The molecule has 17 heavy (non-hydrogen) atoms. The predicted molar refractivity (Wildman–Crippen MR) is 66.6 cm³/mol. The Bertz CT molecular complexity index is 498. The van der Waals surface area contributed by atoms with Crippen molar-refractivity contribution in [2.45, 2.75) is 31.8 Å². The molecule has 2 heterocycles. The molecule has 0 aromatic carbocycles. The molecule has 1 atom stereocenters. The Morgan fingerprint density at radius 2 is 2.41 bits per heavy atom. The first-order valence-corrected chi connectivity index (χ1v) is 6.24. The lowest BCUT2D eigenvalue weighted by Gasteiger charge is -2.22. The lowest BCUT2D eigenvalue weighted by atomic mass is 9.93. The van der Waals surface area contributed by atoms with Gasteiger partial charge in [-0.05, 0) is 31.0 Å². The summed E-state index contributed by atoms with van der Waals surface area (Å²) in [7, 11) is 2.08. The van der Waals surface area contributed by atoms with Gasteiger partial charge in [0.2, 0.25) is 0 Å². The number of furan rings is 1. The molecule has 0 bridgehead atoms. The number of hydrogen-bond donors (Lipinski definition) is 1. The van der Waals surface area contributed by atoms with Gasteiger partial charge in [0.25, 0.3) is 0 Å². The predicted octanol–water partition coefficient (Wildman–Crippen LogP) is 2.79. The van der Waals surface area contributed by atoms with E-state index in [1.165, 1.54) is 29.9 Å². The van der Waals surface area contributed by atoms with Crippen molar-refractivity contribution in [1.82, 2.24) is 9.88 Å².